The smallest absolute Gasteiger partial charge is 0.197 e. The van der Waals surface area contributed by atoms with Crippen molar-refractivity contribution in [2.45, 2.75) is 6.42 Å². The van der Waals surface area contributed by atoms with Gasteiger partial charge in [0, 0.05) is 61.9 Å². The van der Waals surface area contributed by atoms with Crippen LogP contribution in [0.2, 0.25) is 0 Å². The first-order valence-corrected chi connectivity index (χ1v) is 31.5. The van der Waals surface area contributed by atoms with Crippen LogP contribution in [0.15, 0.2) is 345 Å². The number of Topliss-reactive ketones (excluding diaryl/α,β-unsaturated/α-hetero) is 4. The van der Waals surface area contributed by atoms with Crippen LogP contribution in [0.4, 0.5) is 34.1 Å². The molecule has 0 aromatic heterocycles. The maximum atomic E-state index is 13.4. The lowest BCUT2D eigenvalue weighted by molar-refractivity contribution is 0.0919. The summed E-state index contributed by atoms with van der Waals surface area (Å²) in [6.45, 7) is 0. The molecule has 0 fully saturated rings. The Morgan fingerprint density at radius 1 is 0.242 bits per heavy atom. The highest BCUT2D eigenvalue weighted by Crippen LogP contribution is 2.40. The number of allylic oxidation sites excluding steroid dienone is 1. The molecule has 0 radical (unpaired) electrons. The van der Waals surface area contributed by atoms with Gasteiger partial charge in [0.1, 0.15) is 6.29 Å². The van der Waals surface area contributed by atoms with Gasteiger partial charge < -0.3 is 9.80 Å². The van der Waals surface area contributed by atoms with Crippen LogP contribution >= 0.6 is 0 Å². The van der Waals surface area contributed by atoms with Crippen molar-refractivity contribution in [2.24, 2.45) is 0 Å². The fourth-order valence-electron chi connectivity index (χ4n) is 12.4. The summed E-state index contributed by atoms with van der Waals surface area (Å²) in [7, 11) is 0. The first-order valence-electron chi connectivity index (χ1n) is 31.5. The van der Waals surface area contributed by atoms with Gasteiger partial charge in [0.2, 0.25) is 0 Å². The minimum atomic E-state index is -0.224. The molecule has 16 rings (SSSR count). The molecule has 0 amide bonds. The van der Waals surface area contributed by atoms with Crippen molar-refractivity contribution in [1.82, 2.24) is 0 Å². The number of hydrogen-bond acceptors (Lipinski definition) is 7. The average molecular weight is 1230 g/mol. The number of carbonyl (C=O) groups excluding carboxylic acids is 5. The van der Waals surface area contributed by atoms with E-state index in [4.69, 9.17) is 0 Å². The van der Waals surface area contributed by atoms with Gasteiger partial charge in [-0.2, -0.15) is 0 Å². The van der Waals surface area contributed by atoms with Gasteiger partial charge >= 0.3 is 0 Å². The summed E-state index contributed by atoms with van der Waals surface area (Å²) >= 11 is 0. The van der Waals surface area contributed by atoms with Gasteiger partial charge in [-0.3, -0.25) is 24.0 Å². The highest BCUT2D eigenvalue weighted by molar-refractivity contribution is 6.42. The summed E-state index contributed by atoms with van der Waals surface area (Å²) in [6, 6.07) is 114. The van der Waals surface area contributed by atoms with Gasteiger partial charge in [-0.15, -0.1) is 0 Å². The fourth-order valence-corrected chi connectivity index (χ4v) is 12.4. The predicted molar refractivity (Wildman–Crippen MR) is 387 cm³/mol. The predicted octanol–water partition coefficient (Wildman–Crippen LogP) is 22.0. The number of hydrogen-bond donors (Lipinski definition) is 0. The Morgan fingerprint density at radius 3 is 0.747 bits per heavy atom. The van der Waals surface area contributed by atoms with Gasteiger partial charge in [-0.1, -0.05) is 231 Å². The summed E-state index contributed by atoms with van der Waals surface area (Å²) in [5, 5.41) is 3.93. The van der Waals surface area contributed by atoms with E-state index >= 15 is 0 Å². The molecule has 0 aliphatic heterocycles. The van der Waals surface area contributed by atoms with E-state index in [1.54, 1.807) is 6.08 Å². The van der Waals surface area contributed by atoms with Gasteiger partial charge in [-0.05, 0) is 187 Å². The number of anilines is 6. The third-order valence-corrected chi connectivity index (χ3v) is 17.4. The number of fused-ring (bicyclic) bond motifs is 4. The summed E-state index contributed by atoms with van der Waals surface area (Å²) in [5.74, 6) is -0.557. The second kappa shape index (κ2) is 27.0. The Bertz CT molecular complexity index is 4900. The molecule has 0 atom stereocenters. The van der Waals surface area contributed by atoms with E-state index in [0.717, 1.165) is 78.6 Å². The van der Waals surface area contributed by atoms with Crippen LogP contribution in [0.5, 0.6) is 0 Å². The van der Waals surface area contributed by atoms with Crippen LogP contribution in [-0.2, 0) is 0 Å². The van der Waals surface area contributed by atoms with Crippen LogP contribution in [0, 0.1) is 0 Å². The summed E-state index contributed by atoms with van der Waals surface area (Å²) < 4.78 is 0. The van der Waals surface area contributed by atoms with Crippen molar-refractivity contribution in [3.63, 3.8) is 0 Å². The van der Waals surface area contributed by atoms with E-state index in [1.165, 1.54) is 33.4 Å². The lowest BCUT2D eigenvalue weighted by Crippen LogP contribution is -2.09. The number of ketones is 4. The molecule has 0 heterocycles. The third-order valence-electron chi connectivity index (χ3n) is 17.4. The fraction of sp³-hybridized carbons (Fsp3) is 0.0114. The molecule has 452 valence electrons. The topological polar surface area (TPSA) is 91.8 Å². The minimum absolute atomic E-state index is 0.0334. The summed E-state index contributed by atoms with van der Waals surface area (Å²) in [6.07, 6.45) is 2.62. The van der Waals surface area contributed by atoms with Gasteiger partial charge in [0.15, 0.2) is 23.1 Å². The van der Waals surface area contributed by atoms with Crippen LogP contribution in [0.1, 0.15) is 63.8 Å². The Labute approximate surface area is 551 Å². The van der Waals surface area contributed by atoms with Crippen molar-refractivity contribution in [3.05, 3.63) is 379 Å². The minimum Gasteiger partial charge on any atom is -0.311 e. The van der Waals surface area contributed by atoms with E-state index in [-0.39, 0.29) is 35.1 Å². The van der Waals surface area contributed by atoms with E-state index in [2.05, 4.69) is 180 Å². The van der Waals surface area contributed by atoms with Crippen LogP contribution < -0.4 is 9.80 Å². The van der Waals surface area contributed by atoms with Crippen LogP contribution in [0.3, 0.4) is 0 Å². The monoisotopic (exact) mass is 1220 g/mol. The molecular formula is C88H60N2O5. The van der Waals surface area contributed by atoms with E-state index in [9.17, 15) is 24.0 Å². The van der Waals surface area contributed by atoms with Crippen molar-refractivity contribution in [2.75, 3.05) is 9.80 Å². The largest absolute Gasteiger partial charge is 0.311 e. The zero-order valence-electron chi connectivity index (χ0n) is 51.6. The highest BCUT2D eigenvalue weighted by Gasteiger charge is 2.33. The molecular weight excluding hydrogens is 1160 g/mol. The van der Waals surface area contributed by atoms with Crippen LogP contribution in [0.25, 0.3) is 72.1 Å². The number of carbonyl (C=O) groups is 5. The molecule has 14 aromatic rings. The molecule has 7 heteroatoms. The Kier molecular flexibility index (Phi) is 17.0. The van der Waals surface area contributed by atoms with Crippen molar-refractivity contribution in [3.8, 4) is 44.5 Å². The number of benzene rings is 14. The Balaban J connectivity index is 0.000000139. The van der Waals surface area contributed by atoms with Crippen LogP contribution in [-0.4, -0.2) is 29.4 Å². The zero-order chi connectivity index (χ0) is 64.6. The first kappa shape index (κ1) is 59.9. The molecule has 95 heavy (non-hydrogen) atoms. The van der Waals surface area contributed by atoms with E-state index < -0.39 is 0 Å². The molecule has 0 spiro atoms. The van der Waals surface area contributed by atoms with Gasteiger partial charge in [0.25, 0.3) is 0 Å². The molecule has 2 aliphatic carbocycles. The molecule has 0 N–H and O–H groups in total. The number of nitrogens with zero attached hydrogens (tertiary/aromatic N) is 2. The average Bonchev–Trinajstić information content (AvgIpc) is 1.62. The summed E-state index contributed by atoms with van der Waals surface area (Å²) in [4.78, 5) is 65.3. The molecule has 2 aliphatic rings. The maximum Gasteiger partial charge on any atom is 0.197 e. The molecule has 0 unspecified atom stereocenters. The normalized spacial score (nSPS) is 12.1. The quantitative estimate of drug-likeness (QED) is 0.0521. The second-order valence-electron chi connectivity index (χ2n) is 23.4. The number of aldehydes is 1. The molecule has 14 aromatic carbocycles. The SMILES string of the molecule is O=C1C(=Cc2ccc(N(c3ccc(-c4ccccc4)cc3)c3ccc(-c4ccccc4)cc3)cc2)C(=O)c2cc3ccccc3cc21.O=C1CC(=O)c2cc3ccccc3cc21.O=Cc1ccc(N(c2ccc(-c3ccccc3)cc2)c2ccc(-c3ccccc3)cc2)cc1. The standard InChI is InChI=1S/C44H29NO2.C31H23NO.C13H8O2/c46-43-40-28-35-13-7-8-14-36(35)29-41(40)44(47)42(43)27-30-15-21-37(22-16-30)45(38-23-17-33(18-24-38)31-9-3-1-4-10-31)39-25-19-34(20-26-39)32-11-5-2-6-12-32;33-23-24-11-17-29(18-12-24)32(30-19-13-27(14-20-30)25-7-3-1-4-8-25)31-21-15-28(16-22-31)26-9-5-2-6-10-26;14-12-7-13(15)11-6-9-4-2-1-3-8(9)5-10(11)12/h1-29H;1-23H;1-6H,7H2. The van der Waals surface area contributed by atoms with E-state index in [1.807, 2.05) is 170 Å². The Hall–Kier alpha value is -12.7. The zero-order valence-corrected chi connectivity index (χ0v) is 51.6. The highest BCUT2D eigenvalue weighted by atomic mass is 16.2. The number of rotatable bonds is 12. The van der Waals surface area contributed by atoms with Gasteiger partial charge in [0.05, 0.1) is 12.0 Å². The van der Waals surface area contributed by atoms with Crippen molar-refractivity contribution < 1.29 is 24.0 Å². The first-order chi connectivity index (χ1) is 46.7. The van der Waals surface area contributed by atoms with E-state index in [0.29, 0.717) is 27.8 Å². The maximum absolute atomic E-state index is 13.4. The van der Waals surface area contributed by atoms with Gasteiger partial charge in [-0.25, -0.2) is 0 Å². The van der Waals surface area contributed by atoms with Crippen molar-refractivity contribution >= 4 is 91.2 Å². The second-order valence-corrected chi connectivity index (χ2v) is 23.4. The van der Waals surface area contributed by atoms with Crippen molar-refractivity contribution in [1.29, 1.82) is 0 Å². The molecule has 0 bridgehead atoms. The molecule has 0 saturated heterocycles. The lowest BCUT2D eigenvalue weighted by atomic mass is 10.0. The molecule has 0 saturated carbocycles. The molecule has 7 nitrogen and oxygen atoms in total. The Morgan fingerprint density at radius 2 is 0.474 bits per heavy atom. The third kappa shape index (κ3) is 12.9. The summed E-state index contributed by atoms with van der Waals surface area (Å²) in [5.41, 5.74) is 19.3. The lowest BCUT2D eigenvalue weighted by Gasteiger charge is -2.26.